The number of aryl methyl sites for hydroxylation is 2. The highest BCUT2D eigenvalue weighted by atomic mass is 16.6. The van der Waals surface area contributed by atoms with Gasteiger partial charge in [-0.2, -0.15) is 0 Å². The number of benzene rings is 1. The molecule has 0 aliphatic carbocycles. The molecular formula is C33H57N3O4. The van der Waals surface area contributed by atoms with Crippen LogP contribution in [-0.2, 0) is 14.3 Å². The average Bonchev–Trinajstić information content (AvgIpc) is 2.84. The van der Waals surface area contributed by atoms with Crippen LogP contribution in [0.2, 0.25) is 0 Å². The maximum Gasteiger partial charge on any atom is 0.408 e. The summed E-state index contributed by atoms with van der Waals surface area (Å²) in [7, 11) is 0. The Bertz CT molecular complexity index is 933. The molecule has 1 rings (SSSR count). The van der Waals surface area contributed by atoms with Crippen molar-refractivity contribution in [3.05, 3.63) is 34.9 Å². The van der Waals surface area contributed by atoms with Gasteiger partial charge in [-0.05, 0) is 78.2 Å². The van der Waals surface area contributed by atoms with Crippen LogP contribution in [0.3, 0.4) is 0 Å². The van der Waals surface area contributed by atoms with E-state index in [-0.39, 0.29) is 23.8 Å². The molecule has 7 nitrogen and oxygen atoms in total. The fourth-order valence-corrected chi connectivity index (χ4v) is 4.88. The van der Waals surface area contributed by atoms with Crippen molar-refractivity contribution in [2.24, 2.45) is 11.8 Å². The molecule has 228 valence electrons. The molecule has 7 heteroatoms. The first-order valence-corrected chi connectivity index (χ1v) is 15.3. The van der Waals surface area contributed by atoms with Crippen LogP contribution in [-0.4, -0.2) is 47.0 Å². The SMILES string of the molecule is CCCCCNC(=O)C(c1cc(C)cc(C)c1)N(C(=O)C(NC(=O)OC(C)(C)C)C(C)CC)C(C)CCC(C)C. The molecule has 0 saturated heterocycles. The zero-order chi connectivity index (χ0) is 30.6. The molecule has 0 heterocycles. The molecule has 4 unspecified atom stereocenters. The largest absolute Gasteiger partial charge is 0.444 e. The number of hydrogen-bond donors (Lipinski definition) is 2. The number of hydrogen-bond acceptors (Lipinski definition) is 4. The number of ether oxygens (including phenoxy) is 1. The second-order valence-electron chi connectivity index (χ2n) is 12.9. The number of unbranched alkanes of at least 4 members (excludes halogenated alkanes) is 2. The Labute approximate surface area is 244 Å². The topological polar surface area (TPSA) is 87.7 Å². The van der Waals surface area contributed by atoms with E-state index in [1.807, 2.05) is 46.8 Å². The van der Waals surface area contributed by atoms with Gasteiger partial charge in [0.2, 0.25) is 11.8 Å². The number of rotatable bonds is 15. The van der Waals surface area contributed by atoms with Crippen LogP contribution in [0, 0.1) is 25.7 Å². The molecule has 0 bridgehead atoms. The highest BCUT2D eigenvalue weighted by molar-refractivity contribution is 5.92. The molecular weight excluding hydrogens is 502 g/mol. The number of carbonyl (C=O) groups is 3. The Morgan fingerprint density at radius 2 is 1.52 bits per heavy atom. The van der Waals surface area contributed by atoms with Crippen molar-refractivity contribution in [2.45, 2.75) is 138 Å². The molecule has 0 fully saturated rings. The van der Waals surface area contributed by atoms with E-state index in [0.717, 1.165) is 48.8 Å². The average molecular weight is 560 g/mol. The fraction of sp³-hybridized carbons (Fsp3) is 0.727. The second kappa shape index (κ2) is 16.6. The monoisotopic (exact) mass is 559 g/mol. The standard InChI is InChI=1S/C33H57N3O4/c1-12-14-15-18-34-30(37)29(27-20-23(5)19-24(6)21-27)36(26(8)17-16-22(3)4)31(38)28(25(7)13-2)35-32(39)40-33(9,10)11/h19-22,25-26,28-29H,12-18H2,1-11H3,(H,34,37)(H,35,39). The molecule has 0 spiro atoms. The van der Waals surface area contributed by atoms with E-state index in [9.17, 15) is 14.4 Å². The van der Waals surface area contributed by atoms with Gasteiger partial charge in [0.25, 0.3) is 0 Å². The van der Waals surface area contributed by atoms with E-state index in [1.54, 1.807) is 25.7 Å². The predicted octanol–water partition coefficient (Wildman–Crippen LogP) is 7.24. The summed E-state index contributed by atoms with van der Waals surface area (Å²) in [6.45, 7) is 22.4. The molecule has 3 amide bonds. The van der Waals surface area contributed by atoms with Gasteiger partial charge < -0.3 is 20.3 Å². The number of nitrogens with zero attached hydrogens (tertiary/aromatic N) is 1. The third-order valence-corrected chi connectivity index (χ3v) is 7.21. The predicted molar refractivity (Wildman–Crippen MR) is 164 cm³/mol. The van der Waals surface area contributed by atoms with Crippen LogP contribution in [0.25, 0.3) is 0 Å². The van der Waals surface area contributed by atoms with Gasteiger partial charge in [0.15, 0.2) is 0 Å². The highest BCUT2D eigenvalue weighted by Gasteiger charge is 2.40. The van der Waals surface area contributed by atoms with Gasteiger partial charge in [0.05, 0.1) is 0 Å². The zero-order valence-corrected chi connectivity index (χ0v) is 27.1. The Morgan fingerprint density at radius 1 is 0.925 bits per heavy atom. The summed E-state index contributed by atoms with van der Waals surface area (Å²) < 4.78 is 5.53. The van der Waals surface area contributed by atoms with Gasteiger partial charge in [-0.1, -0.05) is 83.2 Å². The van der Waals surface area contributed by atoms with Crippen molar-refractivity contribution >= 4 is 17.9 Å². The first-order chi connectivity index (χ1) is 18.6. The number of amides is 3. The summed E-state index contributed by atoms with van der Waals surface area (Å²) in [6.07, 6.45) is 4.67. The van der Waals surface area contributed by atoms with Gasteiger partial charge in [0, 0.05) is 12.6 Å². The third-order valence-electron chi connectivity index (χ3n) is 7.21. The van der Waals surface area contributed by atoms with E-state index < -0.39 is 23.8 Å². The Morgan fingerprint density at radius 3 is 2.02 bits per heavy atom. The minimum atomic E-state index is -0.831. The summed E-state index contributed by atoms with van der Waals surface area (Å²) in [5, 5.41) is 5.99. The van der Waals surface area contributed by atoms with Crippen molar-refractivity contribution in [1.82, 2.24) is 15.5 Å². The number of nitrogens with one attached hydrogen (secondary N) is 2. The molecule has 1 aromatic carbocycles. The summed E-state index contributed by atoms with van der Waals surface area (Å²) in [4.78, 5) is 43.2. The van der Waals surface area contributed by atoms with Gasteiger partial charge in [-0.3, -0.25) is 9.59 Å². The van der Waals surface area contributed by atoms with Crippen molar-refractivity contribution in [2.75, 3.05) is 6.54 Å². The van der Waals surface area contributed by atoms with Crippen LogP contribution < -0.4 is 10.6 Å². The van der Waals surface area contributed by atoms with E-state index in [2.05, 4.69) is 37.5 Å². The third kappa shape index (κ3) is 11.9. The van der Waals surface area contributed by atoms with E-state index in [0.29, 0.717) is 18.9 Å². The maximum absolute atomic E-state index is 14.6. The van der Waals surface area contributed by atoms with Crippen molar-refractivity contribution < 1.29 is 19.1 Å². The van der Waals surface area contributed by atoms with E-state index in [4.69, 9.17) is 4.74 Å². The molecule has 0 aromatic heterocycles. The van der Waals surface area contributed by atoms with Crippen molar-refractivity contribution in [3.8, 4) is 0 Å². The Balaban J connectivity index is 3.66. The second-order valence-corrected chi connectivity index (χ2v) is 12.9. The molecule has 0 saturated carbocycles. The van der Waals surface area contributed by atoms with Crippen molar-refractivity contribution in [1.29, 1.82) is 0 Å². The molecule has 1 aromatic rings. The van der Waals surface area contributed by atoms with Gasteiger partial charge in [-0.15, -0.1) is 0 Å². The summed E-state index contributed by atoms with van der Waals surface area (Å²) in [6, 6.07) is 4.19. The Kier molecular flexibility index (Phi) is 14.7. The minimum absolute atomic E-state index is 0.160. The first kappa shape index (κ1) is 35.5. The van der Waals surface area contributed by atoms with Crippen LogP contribution in [0.4, 0.5) is 4.79 Å². The van der Waals surface area contributed by atoms with Crippen LogP contribution in [0.5, 0.6) is 0 Å². The molecule has 4 atom stereocenters. The fourth-order valence-electron chi connectivity index (χ4n) is 4.88. The van der Waals surface area contributed by atoms with Gasteiger partial charge in [-0.25, -0.2) is 4.79 Å². The first-order valence-electron chi connectivity index (χ1n) is 15.3. The Hall–Kier alpha value is -2.57. The highest BCUT2D eigenvalue weighted by Crippen LogP contribution is 2.30. The lowest BCUT2D eigenvalue weighted by Crippen LogP contribution is -2.57. The van der Waals surface area contributed by atoms with Crippen molar-refractivity contribution in [3.63, 3.8) is 0 Å². The number of carbonyl (C=O) groups excluding carboxylic acids is 3. The number of alkyl carbamates (subject to hydrolysis) is 1. The lowest BCUT2D eigenvalue weighted by Gasteiger charge is -2.40. The summed E-state index contributed by atoms with van der Waals surface area (Å²) >= 11 is 0. The zero-order valence-electron chi connectivity index (χ0n) is 27.1. The van der Waals surface area contributed by atoms with Gasteiger partial charge in [0.1, 0.15) is 17.7 Å². The van der Waals surface area contributed by atoms with Gasteiger partial charge >= 0.3 is 6.09 Å². The molecule has 40 heavy (non-hydrogen) atoms. The minimum Gasteiger partial charge on any atom is -0.444 e. The summed E-state index contributed by atoms with van der Waals surface area (Å²) in [5.41, 5.74) is 2.16. The summed E-state index contributed by atoms with van der Waals surface area (Å²) in [5.74, 6) is -0.158. The van der Waals surface area contributed by atoms with Crippen LogP contribution in [0.1, 0.15) is 124 Å². The van der Waals surface area contributed by atoms with Crippen LogP contribution in [0.15, 0.2) is 18.2 Å². The molecule has 0 aliphatic rings. The van der Waals surface area contributed by atoms with E-state index >= 15 is 0 Å². The molecule has 0 radical (unpaired) electrons. The maximum atomic E-state index is 14.6. The lowest BCUT2D eigenvalue weighted by atomic mass is 9.92. The quantitative estimate of drug-likeness (QED) is 0.222. The molecule has 2 N–H and O–H groups in total. The lowest BCUT2D eigenvalue weighted by molar-refractivity contribution is -0.146. The molecule has 0 aliphatic heterocycles. The normalized spacial score (nSPS) is 14.7. The van der Waals surface area contributed by atoms with E-state index in [1.165, 1.54) is 0 Å². The van der Waals surface area contributed by atoms with Crippen LogP contribution >= 0.6 is 0 Å². The smallest absolute Gasteiger partial charge is 0.408 e.